The second-order valence-electron chi connectivity index (χ2n) is 2.96. The number of hydrogen-bond donors (Lipinski definition) is 1. The number of phenolic OH excluding ortho intramolecular Hbond substituents is 1. The number of phenols is 1. The van der Waals surface area contributed by atoms with Gasteiger partial charge in [-0.2, -0.15) is 5.10 Å². The van der Waals surface area contributed by atoms with Crippen molar-refractivity contribution in [3.05, 3.63) is 34.9 Å². The first-order chi connectivity index (χ1) is 7.59. The van der Waals surface area contributed by atoms with Crippen LogP contribution >= 0.6 is 15.9 Å². The van der Waals surface area contributed by atoms with Crippen LogP contribution in [0.1, 0.15) is 0 Å². The van der Waals surface area contributed by atoms with E-state index in [1.807, 2.05) is 0 Å². The Hall–Kier alpha value is -0.583. The number of halogens is 1. The number of rotatable bonds is 2. The smallest absolute Gasteiger partial charge is 0.767 e. The Balaban J connectivity index is 0.00000144. The molecule has 0 aliphatic rings. The SMILES string of the molecule is O=S([O-])c1c(Br)cnn1-c1ccc(O)cc1.[Li+]. The second-order valence-corrected chi connectivity index (χ2v) is 4.67. The summed E-state index contributed by atoms with van der Waals surface area (Å²) < 4.78 is 23.7. The van der Waals surface area contributed by atoms with Crippen LogP contribution in [0.25, 0.3) is 5.69 Å². The van der Waals surface area contributed by atoms with E-state index in [-0.39, 0.29) is 29.6 Å². The van der Waals surface area contributed by atoms with Crippen LogP contribution in [-0.4, -0.2) is 23.6 Å². The molecule has 0 aliphatic carbocycles. The topological polar surface area (TPSA) is 78.2 Å². The molecule has 1 N–H and O–H groups in total. The van der Waals surface area contributed by atoms with E-state index < -0.39 is 11.1 Å². The van der Waals surface area contributed by atoms with Crippen molar-refractivity contribution < 1.29 is 32.7 Å². The van der Waals surface area contributed by atoms with Crippen molar-refractivity contribution in [3.63, 3.8) is 0 Å². The molecule has 1 unspecified atom stereocenters. The molecule has 0 amide bonds. The fourth-order valence-electron chi connectivity index (χ4n) is 1.25. The Labute approximate surface area is 120 Å². The van der Waals surface area contributed by atoms with Crippen LogP contribution in [0, 0.1) is 0 Å². The molecule has 0 saturated heterocycles. The van der Waals surface area contributed by atoms with Gasteiger partial charge in [-0.3, -0.25) is 4.21 Å². The summed E-state index contributed by atoms with van der Waals surface area (Å²) in [6.45, 7) is 0. The molecule has 0 bridgehead atoms. The van der Waals surface area contributed by atoms with Crippen molar-refractivity contribution >= 4 is 27.0 Å². The van der Waals surface area contributed by atoms with Gasteiger partial charge >= 0.3 is 18.9 Å². The normalized spacial score (nSPS) is 11.9. The summed E-state index contributed by atoms with van der Waals surface area (Å²) in [5.74, 6) is 0.111. The average Bonchev–Trinajstić information content (AvgIpc) is 2.61. The third kappa shape index (κ3) is 3.00. The van der Waals surface area contributed by atoms with Gasteiger partial charge in [0.1, 0.15) is 10.8 Å². The largest absolute Gasteiger partial charge is 1.00 e. The van der Waals surface area contributed by atoms with Crippen molar-refractivity contribution in [1.82, 2.24) is 9.78 Å². The number of aromatic nitrogens is 2. The minimum absolute atomic E-state index is 0. The van der Waals surface area contributed by atoms with Crippen molar-refractivity contribution in [1.29, 1.82) is 0 Å². The third-order valence-electron chi connectivity index (χ3n) is 1.94. The molecule has 0 saturated carbocycles. The van der Waals surface area contributed by atoms with Gasteiger partial charge in [-0.1, -0.05) is 0 Å². The van der Waals surface area contributed by atoms with Crippen molar-refractivity contribution in [2.24, 2.45) is 0 Å². The molecule has 2 aromatic rings. The van der Waals surface area contributed by atoms with Gasteiger partial charge in [0.05, 0.1) is 16.4 Å². The molecular weight excluding hydrogens is 303 g/mol. The summed E-state index contributed by atoms with van der Waals surface area (Å²) in [7, 11) is 0. The van der Waals surface area contributed by atoms with E-state index in [0.29, 0.717) is 10.2 Å². The second kappa shape index (κ2) is 5.84. The van der Waals surface area contributed by atoms with Gasteiger partial charge in [0.25, 0.3) is 0 Å². The van der Waals surface area contributed by atoms with E-state index in [0.717, 1.165) is 0 Å². The molecule has 1 atom stereocenters. The van der Waals surface area contributed by atoms with Gasteiger partial charge in [-0.05, 0) is 51.3 Å². The first kappa shape index (κ1) is 14.5. The molecule has 2 rings (SSSR count). The van der Waals surface area contributed by atoms with Crippen molar-refractivity contribution in [2.45, 2.75) is 5.03 Å². The van der Waals surface area contributed by atoms with E-state index in [1.165, 1.54) is 23.0 Å². The van der Waals surface area contributed by atoms with Gasteiger partial charge in [-0.25, -0.2) is 4.68 Å². The fourth-order valence-corrected chi connectivity index (χ4v) is 2.41. The Morgan fingerprint density at radius 1 is 1.35 bits per heavy atom. The van der Waals surface area contributed by atoms with E-state index >= 15 is 0 Å². The molecule has 0 spiro atoms. The molecule has 0 fully saturated rings. The molecule has 17 heavy (non-hydrogen) atoms. The van der Waals surface area contributed by atoms with Gasteiger partial charge in [0.2, 0.25) is 0 Å². The first-order valence-corrected chi connectivity index (χ1v) is 6.08. The van der Waals surface area contributed by atoms with Crippen LogP contribution in [-0.2, 0) is 11.1 Å². The van der Waals surface area contributed by atoms with Crippen LogP contribution in [0.15, 0.2) is 40.0 Å². The number of aromatic hydroxyl groups is 1. The quantitative estimate of drug-likeness (QED) is 0.546. The maximum atomic E-state index is 11.0. The van der Waals surface area contributed by atoms with Crippen LogP contribution in [0.3, 0.4) is 0 Å². The van der Waals surface area contributed by atoms with E-state index in [9.17, 15) is 8.76 Å². The van der Waals surface area contributed by atoms with E-state index in [1.54, 1.807) is 12.1 Å². The maximum absolute atomic E-state index is 11.0. The van der Waals surface area contributed by atoms with E-state index in [2.05, 4.69) is 21.0 Å². The van der Waals surface area contributed by atoms with E-state index in [4.69, 9.17) is 5.11 Å². The minimum Gasteiger partial charge on any atom is -0.767 e. The molecule has 1 aromatic heterocycles. The van der Waals surface area contributed by atoms with Gasteiger partial charge in [0.15, 0.2) is 0 Å². The third-order valence-corrected chi connectivity index (χ3v) is 3.49. The van der Waals surface area contributed by atoms with Crippen molar-refractivity contribution in [3.8, 4) is 11.4 Å². The molecule has 0 aliphatic heterocycles. The number of nitrogens with zero attached hydrogens (tertiary/aromatic N) is 2. The zero-order valence-corrected chi connectivity index (χ0v) is 11.2. The van der Waals surface area contributed by atoms with Gasteiger partial charge < -0.3 is 9.66 Å². The van der Waals surface area contributed by atoms with Crippen LogP contribution in [0.5, 0.6) is 5.75 Å². The van der Waals surface area contributed by atoms with Gasteiger partial charge in [-0.15, -0.1) is 0 Å². The zero-order valence-electron chi connectivity index (χ0n) is 8.83. The first-order valence-electron chi connectivity index (χ1n) is 4.22. The van der Waals surface area contributed by atoms with Crippen LogP contribution in [0.4, 0.5) is 0 Å². The van der Waals surface area contributed by atoms with Crippen molar-refractivity contribution in [2.75, 3.05) is 0 Å². The molecule has 1 heterocycles. The molecular formula is C9H6BrLiN2O3S. The standard InChI is InChI=1S/C9H7BrN2O3S.Li/c10-8-5-11-12(9(8)16(14)15)6-1-3-7(13)4-2-6;/h1-5,13H,(H,14,15);/q;+1/p-1. The summed E-state index contributed by atoms with van der Waals surface area (Å²) in [5, 5.41) is 13.1. The molecule has 8 heteroatoms. The van der Waals surface area contributed by atoms with Gasteiger partial charge in [0, 0.05) is 0 Å². The molecule has 5 nitrogen and oxygen atoms in total. The monoisotopic (exact) mass is 308 g/mol. The minimum atomic E-state index is -2.39. The van der Waals surface area contributed by atoms with Crippen LogP contribution < -0.4 is 18.9 Å². The Morgan fingerprint density at radius 2 is 1.94 bits per heavy atom. The number of benzene rings is 1. The molecule has 84 valence electrons. The van der Waals surface area contributed by atoms with Crippen LogP contribution in [0.2, 0.25) is 0 Å². The predicted octanol–water partition coefficient (Wildman–Crippen LogP) is -1.42. The Kier molecular flexibility index (Phi) is 4.98. The Morgan fingerprint density at radius 3 is 2.47 bits per heavy atom. The summed E-state index contributed by atoms with van der Waals surface area (Å²) in [4.78, 5) is 0. The summed E-state index contributed by atoms with van der Waals surface area (Å²) in [6, 6.07) is 6.07. The summed E-state index contributed by atoms with van der Waals surface area (Å²) in [6.07, 6.45) is 1.40. The fraction of sp³-hybridized carbons (Fsp3) is 0. The zero-order chi connectivity index (χ0) is 11.7. The summed E-state index contributed by atoms with van der Waals surface area (Å²) >= 11 is 0.718. The number of hydrogen-bond acceptors (Lipinski definition) is 4. The molecule has 0 radical (unpaired) electrons. The Bertz CT molecular complexity index is 544. The maximum Gasteiger partial charge on any atom is 1.00 e. The summed E-state index contributed by atoms with van der Waals surface area (Å²) in [5.41, 5.74) is 0.558. The average molecular weight is 309 g/mol. The predicted molar refractivity (Wildman–Crippen MR) is 60.1 cm³/mol. The molecule has 1 aromatic carbocycles.